The Morgan fingerprint density at radius 3 is 2.54 bits per heavy atom. The Labute approximate surface area is 149 Å². The van der Waals surface area contributed by atoms with E-state index in [9.17, 15) is 9.30 Å². The molecule has 7 heteroatoms. The van der Waals surface area contributed by atoms with E-state index in [1.54, 1.807) is 0 Å². The molecule has 0 amide bonds. The minimum Gasteiger partial charge on any atom is -0.483 e. The first-order chi connectivity index (χ1) is 12.7. The minimum absolute atomic E-state index is 0.0460. The largest absolute Gasteiger partial charge is 0.483 e. The number of hydrogen-bond donors (Lipinski definition) is 0. The van der Waals surface area contributed by atoms with Gasteiger partial charge < -0.3 is 18.9 Å². The van der Waals surface area contributed by atoms with Crippen molar-refractivity contribution in [1.29, 1.82) is 0 Å². The van der Waals surface area contributed by atoms with Crippen LogP contribution in [0.3, 0.4) is 0 Å². The van der Waals surface area contributed by atoms with Crippen LogP contribution in [0, 0.1) is 10.7 Å². The number of hydrogen-bond acceptors (Lipinski definition) is 6. The van der Waals surface area contributed by atoms with E-state index in [0.29, 0.717) is 13.2 Å². The molecule has 6 nitrogen and oxygen atoms in total. The second kappa shape index (κ2) is 7.49. The Hall–Kier alpha value is -2.35. The molecule has 4 unspecified atom stereocenters. The van der Waals surface area contributed by atoms with E-state index < -0.39 is 11.9 Å². The molecule has 0 N–H and O–H groups in total. The third kappa shape index (κ3) is 3.46. The molecule has 0 bridgehead atoms. The quantitative estimate of drug-likeness (QED) is 0.740. The first-order valence-electron chi connectivity index (χ1n) is 8.43. The van der Waals surface area contributed by atoms with Crippen LogP contribution in [-0.4, -0.2) is 37.6 Å². The van der Waals surface area contributed by atoms with Crippen LogP contribution in [0.1, 0.15) is 5.56 Å². The first-order valence-corrected chi connectivity index (χ1v) is 8.43. The van der Waals surface area contributed by atoms with E-state index in [-0.39, 0.29) is 36.4 Å². The molecule has 2 aliphatic heterocycles. The van der Waals surface area contributed by atoms with E-state index in [1.165, 1.54) is 6.07 Å². The van der Waals surface area contributed by atoms with Crippen LogP contribution in [-0.2, 0) is 20.8 Å². The second-order valence-electron chi connectivity index (χ2n) is 6.29. The molecule has 4 atom stereocenters. The van der Waals surface area contributed by atoms with E-state index in [2.05, 4.69) is 5.18 Å². The second-order valence-corrected chi connectivity index (χ2v) is 6.29. The van der Waals surface area contributed by atoms with Gasteiger partial charge in [0, 0.05) is 6.07 Å². The third-order valence-corrected chi connectivity index (χ3v) is 4.57. The van der Waals surface area contributed by atoms with Crippen LogP contribution in [0.5, 0.6) is 5.75 Å². The van der Waals surface area contributed by atoms with Gasteiger partial charge in [0.1, 0.15) is 29.8 Å². The molecule has 0 spiro atoms. The highest BCUT2D eigenvalue weighted by atomic mass is 19.1. The monoisotopic (exact) mass is 359 g/mol. The Bertz CT molecular complexity index is 772. The summed E-state index contributed by atoms with van der Waals surface area (Å²) in [5.74, 6) is -0.411. The van der Waals surface area contributed by atoms with Crippen molar-refractivity contribution in [1.82, 2.24) is 0 Å². The summed E-state index contributed by atoms with van der Waals surface area (Å²) in [4.78, 5) is 10.9. The summed E-state index contributed by atoms with van der Waals surface area (Å²) in [5.41, 5.74) is 1.12. The van der Waals surface area contributed by atoms with Gasteiger partial charge in [0.05, 0.1) is 19.8 Å². The predicted molar refractivity (Wildman–Crippen MR) is 90.8 cm³/mol. The highest BCUT2D eigenvalue weighted by Crippen LogP contribution is 2.35. The Kier molecular flexibility index (Phi) is 4.92. The number of benzene rings is 2. The molecular formula is C19H18FNO5. The maximum Gasteiger partial charge on any atom is 0.152 e. The molecule has 2 aliphatic rings. The molecule has 0 saturated carbocycles. The lowest BCUT2D eigenvalue weighted by Crippen LogP contribution is -2.35. The zero-order valence-electron chi connectivity index (χ0n) is 13.9. The lowest BCUT2D eigenvalue weighted by molar-refractivity contribution is -0.0425. The number of nitrogens with zero attached hydrogens (tertiary/aromatic N) is 1. The van der Waals surface area contributed by atoms with E-state index in [1.807, 2.05) is 30.3 Å². The van der Waals surface area contributed by atoms with Gasteiger partial charge in [-0.15, -0.1) is 4.91 Å². The standard InChI is InChI=1S/C19H18FNO5/c20-13-6-7-14(21-22)15(8-13)26-17-11-25-18-16(10-24-19(17)18)23-9-12-4-2-1-3-5-12/h1-8,16-19H,9-11H2. The maximum atomic E-state index is 13.4. The molecular weight excluding hydrogens is 341 g/mol. The molecule has 0 aliphatic carbocycles. The molecule has 0 aromatic heterocycles. The first kappa shape index (κ1) is 17.1. The molecule has 4 rings (SSSR count). The summed E-state index contributed by atoms with van der Waals surface area (Å²) in [6.45, 7) is 1.13. The average molecular weight is 359 g/mol. The van der Waals surface area contributed by atoms with Crippen molar-refractivity contribution in [2.75, 3.05) is 13.2 Å². The van der Waals surface area contributed by atoms with Crippen molar-refractivity contribution in [2.45, 2.75) is 31.0 Å². The molecule has 26 heavy (non-hydrogen) atoms. The lowest BCUT2D eigenvalue weighted by atomic mass is 10.1. The van der Waals surface area contributed by atoms with E-state index in [0.717, 1.165) is 17.7 Å². The lowest BCUT2D eigenvalue weighted by Gasteiger charge is -2.18. The van der Waals surface area contributed by atoms with Crippen molar-refractivity contribution in [3.05, 3.63) is 64.8 Å². The van der Waals surface area contributed by atoms with Crippen molar-refractivity contribution in [3.8, 4) is 5.75 Å². The minimum atomic E-state index is -0.501. The average Bonchev–Trinajstić information content (AvgIpc) is 3.24. The summed E-state index contributed by atoms with van der Waals surface area (Å²) in [7, 11) is 0. The van der Waals surface area contributed by atoms with Gasteiger partial charge in [-0.1, -0.05) is 30.3 Å². The zero-order valence-corrected chi connectivity index (χ0v) is 13.9. The van der Waals surface area contributed by atoms with Gasteiger partial charge in [0.25, 0.3) is 0 Å². The number of nitroso groups, excluding NO2 is 1. The highest BCUT2D eigenvalue weighted by Gasteiger charge is 2.49. The summed E-state index contributed by atoms with van der Waals surface area (Å²) >= 11 is 0. The van der Waals surface area contributed by atoms with Gasteiger partial charge in [-0.25, -0.2) is 4.39 Å². The third-order valence-electron chi connectivity index (χ3n) is 4.57. The molecule has 0 radical (unpaired) electrons. The molecule has 2 fully saturated rings. The van der Waals surface area contributed by atoms with Gasteiger partial charge in [-0.3, -0.25) is 0 Å². The highest BCUT2D eigenvalue weighted by molar-refractivity contribution is 5.51. The Morgan fingerprint density at radius 1 is 1.04 bits per heavy atom. The van der Waals surface area contributed by atoms with Crippen molar-refractivity contribution in [3.63, 3.8) is 0 Å². The normalized spacial score (nSPS) is 27.3. The Morgan fingerprint density at radius 2 is 1.77 bits per heavy atom. The van der Waals surface area contributed by atoms with E-state index >= 15 is 0 Å². The van der Waals surface area contributed by atoms with Crippen LogP contribution in [0.2, 0.25) is 0 Å². The van der Waals surface area contributed by atoms with Crippen molar-refractivity contribution >= 4 is 5.69 Å². The van der Waals surface area contributed by atoms with Crippen LogP contribution in [0.4, 0.5) is 10.1 Å². The molecule has 136 valence electrons. The van der Waals surface area contributed by atoms with Crippen LogP contribution in [0.15, 0.2) is 53.7 Å². The smallest absolute Gasteiger partial charge is 0.152 e. The number of fused-ring (bicyclic) bond motifs is 1. The van der Waals surface area contributed by atoms with Crippen molar-refractivity contribution in [2.24, 2.45) is 5.18 Å². The maximum absolute atomic E-state index is 13.4. The fourth-order valence-electron chi connectivity index (χ4n) is 3.27. The van der Waals surface area contributed by atoms with E-state index in [4.69, 9.17) is 18.9 Å². The number of ether oxygens (including phenoxy) is 4. The molecule has 2 heterocycles. The van der Waals surface area contributed by atoms with Gasteiger partial charge in [-0.2, -0.15) is 0 Å². The number of rotatable bonds is 6. The van der Waals surface area contributed by atoms with Crippen LogP contribution >= 0.6 is 0 Å². The van der Waals surface area contributed by atoms with Gasteiger partial charge >= 0.3 is 0 Å². The summed E-state index contributed by atoms with van der Waals surface area (Å²) in [6.07, 6.45) is -1.25. The van der Waals surface area contributed by atoms with Gasteiger partial charge in [-0.05, 0) is 22.9 Å². The van der Waals surface area contributed by atoms with Crippen LogP contribution < -0.4 is 4.74 Å². The topological polar surface area (TPSA) is 66.4 Å². The van der Waals surface area contributed by atoms with Crippen LogP contribution in [0.25, 0.3) is 0 Å². The Balaban J connectivity index is 1.39. The van der Waals surface area contributed by atoms with Gasteiger partial charge in [0.15, 0.2) is 11.9 Å². The van der Waals surface area contributed by atoms with Crippen molar-refractivity contribution < 1.29 is 23.3 Å². The SMILES string of the molecule is O=Nc1ccc(F)cc1OC1COC2C(OCc3ccccc3)COC12. The predicted octanol–water partition coefficient (Wildman–Crippen LogP) is 3.35. The number of halogens is 1. The fourth-order valence-corrected chi connectivity index (χ4v) is 3.27. The molecule has 2 aromatic rings. The summed E-state index contributed by atoms with van der Waals surface area (Å²) in [6, 6.07) is 13.4. The molecule has 2 saturated heterocycles. The fraction of sp³-hybridized carbons (Fsp3) is 0.368. The zero-order chi connectivity index (χ0) is 17.9. The molecule has 2 aromatic carbocycles. The van der Waals surface area contributed by atoms with Gasteiger partial charge in [0.2, 0.25) is 0 Å². The summed E-state index contributed by atoms with van der Waals surface area (Å²) in [5, 5.41) is 2.87. The summed E-state index contributed by atoms with van der Waals surface area (Å²) < 4.78 is 36.7.